The third-order valence-electron chi connectivity index (χ3n) is 2.63. The van der Waals surface area contributed by atoms with Crippen LogP contribution in [0.15, 0.2) is 41.8 Å². The second-order valence-corrected chi connectivity index (χ2v) is 5.65. The van der Waals surface area contributed by atoms with Gasteiger partial charge in [-0.25, -0.2) is 0 Å². The third kappa shape index (κ3) is 3.82. The summed E-state index contributed by atoms with van der Waals surface area (Å²) in [7, 11) is 0. The molecule has 1 aromatic carbocycles. The molecule has 1 aromatic heterocycles. The lowest BCUT2D eigenvalue weighted by Gasteiger charge is -2.12. The monoisotopic (exact) mass is 290 g/mol. The van der Waals surface area contributed by atoms with Crippen molar-refractivity contribution in [3.8, 4) is 5.75 Å². The summed E-state index contributed by atoms with van der Waals surface area (Å²) in [6.45, 7) is 3.94. The van der Waals surface area contributed by atoms with E-state index < -0.39 is 6.04 Å². The molecule has 1 heterocycles. The molecule has 0 spiro atoms. The molecule has 0 aliphatic carbocycles. The van der Waals surface area contributed by atoms with Crippen molar-refractivity contribution in [1.29, 1.82) is 0 Å². The molecule has 5 heteroatoms. The highest BCUT2D eigenvalue weighted by molar-refractivity contribution is 7.10. The average molecular weight is 290 g/mol. The molecule has 0 saturated carbocycles. The van der Waals surface area contributed by atoms with Gasteiger partial charge in [-0.05, 0) is 49.6 Å². The lowest BCUT2D eigenvalue weighted by Crippen LogP contribution is -2.26. The predicted molar refractivity (Wildman–Crippen MR) is 82.1 cm³/mol. The van der Waals surface area contributed by atoms with Crippen molar-refractivity contribution < 1.29 is 9.53 Å². The largest absolute Gasteiger partial charge is 0.491 e. The number of carbonyl (C=O) groups excluding carboxylic acids is 1. The Morgan fingerprint density at radius 1 is 1.25 bits per heavy atom. The van der Waals surface area contributed by atoms with Crippen molar-refractivity contribution in [3.05, 3.63) is 46.7 Å². The molecule has 3 N–H and O–H groups in total. The summed E-state index contributed by atoms with van der Waals surface area (Å²) in [4.78, 5) is 12.9. The number of nitrogens with one attached hydrogen (secondary N) is 1. The van der Waals surface area contributed by atoms with Gasteiger partial charge in [-0.1, -0.05) is 6.07 Å². The zero-order chi connectivity index (χ0) is 14.5. The summed E-state index contributed by atoms with van der Waals surface area (Å²) in [6, 6.07) is 10.4. The van der Waals surface area contributed by atoms with Gasteiger partial charge in [0.05, 0.1) is 6.10 Å². The first kappa shape index (κ1) is 14.6. The minimum Gasteiger partial charge on any atom is -0.491 e. The van der Waals surface area contributed by atoms with Crippen LogP contribution in [0.1, 0.15) is 24.8 Å². The van der Waals surface area contributed by atoms with E-state index in [0.29, 0.717) is 5.69 Å². The Kier molecular flexibility index (Phi) is 4.76. The number of anilines is 1. The number of nitrogens with two attached hydrogens (primary N) is 1. The highest BCUT2D eigenvalue weighted by Crippen LogP contribution is 2.20. The van der Waals surface area contributed by atoms with E-state index in [1.165, 1.54) is 11.3 Å². The number of benzene rings is 1. The van der Waals surface area contributed by atoms with E-state index in [2.05, 4.69) is 5.32 Å². The zero-order valence-electron chi connectivity index (χ0n) is 11.5. The highest BCUT2D eigenvalue weighted by Gasteiger charge is 2.16. The lowest BCUT2D eigenvalue weighted by molar-refractivity contribution is -0.117. The standard InChI is InChI=1S/C15H18N2O2S/c1-10(2)19-12-7-5-11(6-8-12)17-15(18)14(16)13-4-3-9-20-13/h3-10,14H,16H2,1-2H3,(H,17,18). The van der Waals surface area contributed by atoms with Crippen LogP contribution in [0.4, 0.5) is 5.69 Å². The van der Waals surface area contributed by atoms with E-state index in [4.69, 9.17) is 10.5 Å². The number of carbonyl (C=O) groups is 1. The van der Waals surface area contributed by atoms with Crippen molar-refractivity contribution in [2.45, 2.75) is 26.0 Å². The van der Waals surface area contributed by atoms with Gasteiger partial charge in [-0.3, -0.25) is 4.79 Å². The smallest absolute Gasteiger partial charge is 0.246 e. The molecule has 0 bridgehead atoms. The first-order valence-electron chi connectivity index (χ1n) is 6.43. The molecule has 2 rings (SSSR count). The molecule has 1 amide bonds. The van der Waals surface area contributed by atoms with Crippen molar-refractivity contribution in [3.63, 3.8) is 0 Å². The number of rotatable bonds is 5. The molecule has 1 atom stereocenters. The average Bonchev–Trinajstić information content (AvgIpc) is 2.93. The summed E-state index contributed by atoms with van der Waals surface area (Å²) >= 11 is 1.47. The quantitative estimate of drug-likeness (QED) is 0.889. The normalized spacial score (nSPS) is 12.2. The van der Waals surface area contributed by atoms with E-state index in [-0.39, 0.29) is 12.0 Å². The molecule has 0 radical (unpaired) electrons. The van der Waals surface area contributed by atoms with E-state index in [9.17, 15) is 4.79 Å². The van der Waals surface area contributed by atoms with Crippen molar-refractivity contribution in [2.24, 2.45) is 5.73 Å². The predicted octanol–water partition coefficient (Wildman–Crippen LogP) is 3.17. The maximum atomic E-state index is 12.0. The lowest BCUT2D eigenvalue weighted by atomic mass is 10.2. The van der Waals surface area contributed by atoms with Gasteiger partial charge in [-0.2, -0.15) is 0 Å². The summed E-state index contributed by atoms with van der Waals surface area (Å²) in [5.41, 5.74) is 6.61. The van der Waals surface area contributed by atoms with Crippen LogP contribution in [0.3, 0.4) is 0 Å². The molecule has 2 aromatic rings. The van der Waals surface area contributed by atoms with E-state index in [1.54, 1.807) is 12.1 Å². The number of hydrogen-bond acceptors (Lipinski definition) is 4. The Morgan fingerprint density at radius 3 is 2.50 bits per heavy atom. The number of ether oxygens (including phenoxy) is 1. The van der Waals surface area contributed by atoms with E-state index in [0.717, 1.165) is 10.6 Å². The van der Waals surface area contributed by atoms with Crippen molar-refractivity contribution >= 4 is 22.9 Å². The van der Waals surface area contributed by atoms with Gasteiger partial charge < -0.3 is 15.8 Å². The summed E-state index contributed by atoms with van der Waals surface area (Å²) in [5.74, 6) is 0.561. The van der Waals surface area contributed by atoms with Crippen LogP contribution in [0.25, 0.3) is 0 Å². The highest BCUT2D eigenvalue weighted by atomic mass is 32.1. The van der Waals surface area contributed by atoms with Crippen LogP contribution >= 0.6 is 11.3 Å². The Hall–Kier alpha value is -1.85. The molecule has 4 nitrogen and oxygen atoms in total. The molecule has 20 heavy (non-hydrogen) atoms. The SMILES string of the molecule is CC(C)Oc1ccc(NC(=O)C(N)c2cccs2)cc1. The van der Waals surface area contributed by atoms with Crippen LogP contribution in [-0.4, -0.2) is 12.0 Å². The molecule has 0 aliphatic heterocycles. The fourth-order valence-electron chi connectivity index (χ4n) is 1.71. The molecular weight excluding hydrogens is 272 g/mol. The Morgan fingerprint density at radius 2 is 1.95 bits per heavy atom. The Balaban J connectivity index is 1.97. The van der Waals surface area contributed by atoms with Gasteiger partial charge in [0.2, 0.25) is 5.91 Å². The summed E-state index contributed by atoms with van der Waals surface area (Å²) in [5, 5.41) is 4.70. The molecule has 106 valence electrons. The Labute approximate surface area is 122 Å². The van der Waals surface area contributed by atoms with Gasteiger partial charge in [-0.15, -0.1) is 11.3 Å². The topological polar surface area (TPSA) is 64.3 Å². The molecule has 0 saturated heterocycles. The van der Waals surface area contributed by atoms with E-state index in [1.807, 2.05) is 43.5 Å². The van der Waals surface area contributed by atoms with Crippen LogP contribution in [0, 0.1) is 0 Å². The third-order valence-corrected chi connectivity index (χ3v) is 3.58. The van der Waals surface area contributed by atoms with Gasteiger partial charge in [0, 0.05) is 10.6 Å². The fourth-order valence-corrected chi connectivity index (χ4v) is 2.43. The van der Waals surface area contributed by atoms with Crippen LogP contribution < -0.4 is 15.8 Å². The molecule has 0 aliphatic rings. The van der Waals surface area contributed by atoms with Gasteiger partial charge in [0.25, 0.3) is 0 Å². The van der Waals surface area contributed by atoms with Gasteiger partial charge in [0.1, 0.15) is 11.8 Å². The van der Waals surface area contributed by atoms with Crippen LogP contribution in [0.5, 0.6) is 5.75 Å². The minimum absolute atomic E-state index is 0.127. The maximum absolute atomic E-state index is 12.0. The minimum atomic E-state index is -0.637. The van der Waals surface area contributed by atoms with Gasteiger partial charge in [0.15, 0.2) is 0 Å². The van der Waals surface area contributed by atoms with Crippen LogP contribution in [0.2, 0.25) is 0 Å². The molecule has 0 fully saturated rings. The van der Waals surface area contributed by atoms with E-state index >= 15 is 0 Å². The summed E-state index contributed by atoms with van der Waals surface area (Å²) in [6.07, 6.45) is 0.127. The maximum Gasteiger partial charge on any atom is 0.246 e. The van der Waals surface area contributed by atoms with Crippen molar-refractivity contribution in [1.82, 2.24) is 0 Å². The first-order valence-corrected chi connectivity index (χ1v) is 7.31. The molecular formula is C15H18N2O2S. The number of hydrogen-bond donors (Lipinski definition) is 2. The number of thiophene rings is 1. The van der Waals surface area contributed by atoms with Crippen molar-refractivity contribution in [2.75, 3.05) is 5.32 Å². The second kappa shape index (κ2) is 6.54. The Bertz CT molecular complexity index is 550. The van der Waals surface area contributed by atoms with Crippen LogP contribution in [-0.2, 0) is 4.79 Å². The second-order valence-electron chi connectivity index (χ2n) is 4.67. The first-order chi connectivity index (χ1) is 9.56. The number of amides is 1. The fraction of sp³-hybridized carbons (Fsp3) is 0.267. The summed E-state index contributed by atoms with van der Waals surface area (Å²) < 4.78 is 5.54. The molecule has 1 unspecified atom stereocenters. The van der Waals surface area contributed by atoms with Gasteiger partial charge >= 0.3 is 0 Å². The zero-order valence-corrected chi connectivity index (χ0v) is 12.3.